The van der Waals surface area contributed by atoms with Crippen molar-refractivity contribution < 1.29 is 23.9 Å². The molecule has 0 bridgehead atoms. The molecule has 1 saturated heterocycles. The number of thioether (sulfide) groups is 1. The summed E-state index contributed by atoms with van der Waals surface area (Å²) in [7, 11) is 0. The SMILES string of the molecule is Cc1ccc(OCCN2C(=O)S/C(=C\c3cccc(OCC(=O)Nc4ccccc4)c3)C2=O)cc1. The molecule has 1 aliphatic rings. The molecule has 3 aromatic carbocycles. The molecule has 0 saturated carbocycles. The molecular weight excluding hydrogens is 464 g/mol. The molecule has 1 fully saturated rings. The van der Waals surface area contributed by atoms with Crippen LogP contribution in [0.25, 0.3) is 6.08 Å². The van der Waals surface area contributed by atoms with Crippen molar-refractivity contribution in [2.75, 3.05) is 25.1 Å². The van der Waals surface area contributed by atoms with Crippen molar-refractivity contribution >= 4 is 40.6 Å². The van der Waals surface area contributed by atoms with E-state index in [4.69, 9.17) is 9.47 Å². The minimum absolute atomic E-state index is 0.157. The monoisotopic (exact) mass is 488 g/mol. The Kier molecular flexibility index (Phi) is 7.84. The van der Waals surface area contributed by atoms with E-state index in [2.05, 4.69) is 5.32 Å². The van der Waals surface area contributed by atoms with Crippen LogP contribution in [0.2, 0.25) is 0 Å². The molecule has 8 heteroatoms. The average molecular weight is 489 g/mol. The fourth-order valence-electron chi connectivity index (χ4n) is 3.29. The Hall–Kier alpha value is -4.04. The van der Waals surface area contributed by atoms with Gasteiger partial charge >= 0.3 is 0 Å². The van der Waals surface area contributed by atoms with Crippen LogP contribution in [0.4, 0.5) is 10.5 Å². The third-order valence-corrected chi connectivity index (χ3v) is 5.97. The number of aryl methyl sites for hydroxylation is 1. The lowest BCUT2D eigenvalue weighted by Crippen LogP contribution is -2.32. The van der Waals surface area contributed by atoms with Crippen LogP contribution in [0.15, 0.2) is 83.8 Å². The minimum Gasteiger partial charge on any atom is -0.492 e. The largest absolute Gasteiger partial charge is 0.492 e. The Bertz CT molecular complexity index is 1240. The van der Waals surface area contributed by atoms with Crippen molar-refractivity contribution in [2.24, 2.45) is 0 Å². The molecule has 3 amide bonds. The maximum absolute atomic E-state index is 12.8. The number of para-hydroxylation sites is 1. The zero-order valence-electron chi connectivity index (χ0n) is 19.1. The first-order chi connectivity index (χ1) is 17.0. The first kappa shape index (κ1) is 24.1. The molecule has 3 aromatic rings. The lowest BCUT2D eigenvalue weighted by Gasteiger charge is -2.13. The molecule has 0 aliphatic carbocycles. The number of amides is 3. The molecule has 178 valence electrons. The van der Waals surface area contributed by atoms with E-state index in [1.165, 1.54) is 4.90 Å². The van der Waals surface area contributed by atoms with E-state index in [0.717, 1.165) is 17.3 Å². The van der Waals surface area contributed by atoms with Gasteiger partial charge in [0.15, 0.2) is 6.61 Å². The predicted molar refractivity (Wildman–Crippen MR) is 136 cm³/mol. The molecule has 0 spiro atoms. The minimum atomic E-state index is -0.360. The maximum Gasteiger partial charge on any atom is 0.293 e. The summed E-state index contributed by atoms with van der Waals surface area (Å²) in [5.74, 6) is 0.525. The van der Waals surface area contributed by atoms with Crippen molar-refractivity contribution in [1.82, 2.24) is 4.90 Å². The van der Waals surface area contributed by atoms with Gasteiger partial charge in [0, 0.05) is 5.69 Å². The summed E-state index contributed by atoms with van der Waals surface area (Å²) >= 11 is 0.888. The van der Waals surface area contributed by atoms with Crippen molar-refractivity contribution in [3.8, 4) is 11.5 Å². The van der Waals surface area contributed by atoms with Gasteiger partial charge in [0.2, 0.25) is 0 Å². The topological polar surface area (TPSA) is 84.9 Å². The standard InChI is InChI=1S/C27H24N2O5S/c1-19-10-12-22(13-11-19)33-15-14-29-26(31)24(35-27(29)32)17-20-6-5-9-23(16-20)34-18-25(30)28-21-7-3-2-4-8-21/h2-13,16-17H,14-15,18H2,1H3,(H,28,30)/b24-17-. The Morgan fingerprint density at radius 1 is 0.943 bits per heavy atom. The lowest BCUT2D eigenvalue weighted by atomic mass is 10.2. The van der Waals surface area contributed by atoms with E-state index in [9.17, 15) is 14.4 Å². The predicted octanol–water partition coefficient (Wildman–Crippen LogP) is 5.13. The summed E-state index contributed by atoms with van der Waals surface area (Å²) in [6.45, 7) is 2.20. The number of carbonyl (C=O) groups excluding carboxylic acids is 3. The summed E-state index contributed by atoms with van der Waals surface area (Å²) in [6.07, 6.45) is 1.64. The fourth-order valence-corrected chi connectivity index (χ4v) is 4.16. The van der Waals surface area contributed by atoms with Crippen LogP contribution in [-0.2, 0) is 9.59 Å². The number of rotatable bonds is 9. The van der Waals surface area contributed by atoms with E-state index in [1.807, 2.05) is 49.4 Å². The van der Waals surface area contributed by atoms with E-state index in [0.29, 0.717) is 27.7 Å². The summed E-state index contributed by atoms with van der Waals surface area (Å²) in [5.41, 5.74) is 2.50. The van der Waals surface area contributed by atoms with Gasteiger partial charge in [-0.05, 0) is 66.7 Å². The van der Waals surface area contributed by atoms with Gasteiger partial charge in [-0.25, -0.2) is 0 Å². The normalized spacial score (nSPS) is 14.3. The Morgan fingerprint density at radius 2 is 1.71 bits per heavy atom. The van der Waals surface area contributed by atoms with Gasteiger partial charge in [0.25, 0.3) is 17.1 Å². The number of nitrogens with zero attached hydrogens (tertiary/aromatic N) is 1. The van der Waals surface area contributed by atoms with E-state index in [-0.39, 0.29) is 36.8 Å². The van der Waals surface area contributed by atoms with Crippen LogP contribution >= 0.6 is 11.8 Å². The Morgan fingerprint density at radius 3 is 2.49 bits per heavy atom. The van der Waals surface area contributed by atoms with Gasteiger partial charge in [-0.1, -0.05) is 48.0 Å². The second-order valence-electron chi connectivity index (χ2n) is 7.77. The second-order valence-corrected chi connectivity index (χ2v) is 8.76. The van der Waals surface area contributed by atoms with Crippen LogP contribution in [-0.4, -0.2) is 41.7 Å². The number of ether oxygens (including phenoxy) is 2. The number of carbonyl (C=O) groups is 3. The number of hydrogen-bond donors (Lipinski definition) is 1. The van der Waals surface area contributed by atoms with Crippen LogP contribution in [0.3, 0.4) is 0 Å². The van der Waals surface area contributed by atoms with Crippen LogP contribution < -0.4 is 14.8 Å². The van der Waals surface area contributed by atoms with Gasteiger partial charge in [-0.15, -0.1) is 0 Å². The molecule has 1 aliphatic heterocycles. The van der Waals surface area contributed by atoms with Crippen LogP contribution in [0.1, 0.15) is 11.1 Å². The zero-order chi connectivity index (χ0) is 24.6. The number of benzene rings is 3. The van der Waals surface area contributed by atoms with Crippen molar-refractivity contribution in [2.45, 2.75) is 6.92 Å². The second kappa shape index (κ2) is 11.4. The maximum atomic E-state index is 12.8. The first-order valence-electron chi connectivity index (χ1n) is 11.0. The Balaban J connectivity index is 1.32. The number of imide groups is 1. The highest BCUT2D eigenvalue weighted by Crippen LogP contribution is 2.32. The molecule has 0 atom stereocenters. The highest BCUT2D eigenvalue weighted by Gasteiger charge is 2.34. The molecule has 7 nitrogen and oxygen atoms in total. The van der Waals surface area contributed by atoms with E-state index >= 15 is 0 Å². The molecular formula is C27H24N2O5S. The van der Waals surface area contributed by atoms with Gasteiger partial charge in [-0.2, -0.15) is 0 Å². The van der Waals surface area contributed by atoms with Crippen molar-refractivity contribution in [3.63, 3.8) is 0 Å². The fraction of sp³-hybridized carbons (Fsp3) is 0.148. The van der Waals surface area contributed by atoms with Crippen molar-refractivity contribution in [1.29, 1.82) is 0 Å². The Labute approximate surface area is 207 Å². The highest BCUT2D eigenvalue weighted by molar-refractivity contribution is 8.18. The third-order valence-electron chi connectivity index (χ3n) is 5.06. The van der Waals surface area contributed by atoms with Gasteiger partial charge < -0.3 is 14.8 Å². The summed E-state index contributed by atoms with van der Waals surface area (Å²) in [4.78, 5) is 38.7. The molecule has 1 N–H and O–H groups in total. The summed E-state index contributed by atoms with van der Waals surface area (Å²) in [5, 5.41) is 2.42. The lowest BCUT2D eigenvalue weighted by molar-refractivity contribution is -0.123. The van der Waals surface area contributed by atoms with Gasteiger partial charge in [0.05, 0.1) is 11.4 Å². The zero-order valence-corrected chi connectivity index (χ0v) is 19.9. The van der Waals surface area contributed by atoms with Crippen molar-refractivity contribution in [3.05, 3.63) is 94.9 Å². The number of anilines is 1. The molecule has 0 radical (unpaired) electrons. The first-order valence-corrected chi connectivity index (χ1v) is 11.8. The molecule has 0 aromatic heterocycles. The molecule has 0 unspecified atom stereocenters. The smallest absolute Gasteiger partial charge is 0.293 e. The van der Waals surface area contributed by atoms with Crippen LogP contribution in [0, 0.1) is 6.92 Å². The van der Waals surface area contributed by atoms with Gasteiger partial charge in [-0.3, -0.25) is 19.3 Å². The third kappa shape index (κ3) is 6.74. The van der Waals surface area contributed by atoms with Gasteiger partial charge in [0.1, 0.15) is 18.1 Å². The quantitative estimate of drug-likeness (QED) is 0.421. The number of nitrogens with one attached hydrogen (secondary N) is 1. The van der Waals surface area contributed by atoms with E-state index < -0.39 is 0 Å². The van der Waals surface area contributed by atoms with E-state index in [1.54, 1.807) is 42.5 Å². The molecule has 35 heavy (non-hydrogen) atoms. The van der Waals surface area contributed by atoms with Crippen LogP contribution in [0.5, 0.6) is 11.5 Å². The summed E-state index contributed by atoms with van der Waals surface area (Å²) in [6, 6.07) is 23.7. The highest BCUT2D eigenvalue weighted by atomic mass is 32.2. The average Bonchev–Trinajstić information content (AvgIpc) is 3.12. The molecule has 4 rings (SSSR count). The summed E-state index contributed by atoms with van der Waals surface area (Å²) < 4.78 is 11.2. The molecule has 1 heterocycles. The number of hydrogen-bond acceptors (Lipinski definition) is 6.